The fraction of sp³-hybridized carbons (Fsp3) is 0.433. The van der Waals surface area contributed by atoms with E-state index in [1.54, 1.807) is 11.5 Å². The Labute approximate surface area is 253 Å². The van der Waals surface area contributed by atoms with Crippen molar-refractivity contribution in [2.45, 2.75) is 51.1 Å². The first-order valence-electron chi connectivity index (χ1n) is 13.9. The highest BCUT2D eigenvalue weighted by atomic mass is 35.5. The topological polar surface area (TPSA) is 109 Å². The van der Waals surface area contributed by atoms with Gasteiger partial charge in [-0.2, -0.15) is 13.2 Å². The molecule has 43 heavy (non-hydrogen) atoms. The second kappa shape index (κ2) is 13.8. The van der Waals surface area contributed by atoms with Crippen molar-refractivity contribution >= 4 is 23.4 Å². The quantitative estimate of drug-likeness (QED) is 0.279. The number of imidazole rings is 1. The maximum atomic E-state index is 13.2. The molecule has 1 fully saturated rings. The van der Waals surface area contributed by atoms with Gasteiger partial charge < -0.3 is 25.0 Å². The summed E-state index contributed by atoms with van der Waals surface area (Å²) in [7, 11) is 1.81. The van der Waals surface area contributed by atoms with Crippen LogP contribution in [0.15, 0.2) is 48.7 Å². The van der Waals surface area contributed by atoms with Gasteiger partial charge in [-0.25, -0.2) is 4.98 Å². The Morgan fingerprint density at radius 2 is 1.84 bits per heavy atom. The van der Waals surface area contributed by atoms with Gasteiger partial charge in [0.25, 0.3) is 5.91 Å². The van der Waals surface area contributed by atoms with Crippen LogP contribution in [0, 0.1) is 0 Å². The fourth-order valence-electron chi connectivity index (χ4n) is 4.58. The molecule has 3 N–H and O–H groups in total. The van der Waals surface area contributed by atoms with Crippen LogP contribution in [-0.2, 0) is 18.3 Å². The number of amides is 2. The van der Waals surface area contributed by atoms with E-state index in [0.29, 0.717) is 17.9 Å². The lowest BCUT2D eigenvalue weighted by Crippen LogP contribution is -2.49. The number of aromatic nitrogens is 2. The van der Waals surface area contributed by atoms with Crippen molar-refractivity contribution in [1.29, 1.82) is 0 Å². The molecule has 0 radical (unpaired) electrons. The van der Waals surface area contributed by atoms with E-state index in [1.165, 1.54) is 18.2 Å². The van der Waals surface area contributed by atoms with Gasteiger partial charge in [0, 0.05) is 30.9 Å². The third-order valence-corrected chi connectivity index (χ3v) is 7.47. The van der Waals surface area contributed by atoms with Gasteiger partial charge in [0.05, 0.1) is 23.3 Å². The fourth-order valence-corrected chi connectivity index (χ4v) is 4.80. The molecule has 1 aliphatic heterocycles. The number of alkyl halides is 3. The lowest BCUT2D eigenvalue weighted by atomic mass is 10.0. The third kappa shape index (κ3) is 8.71. The van der Waals surface area contributed by atoms with E-state index in [2.05, 4.69) is 15.6 Å². The summed E-state index contributed by atoms with van der Waals surface area (Å²) in [6.07, 6.45) is -4.07. The molecule has 0 bridgehead atoms. The molecule has 2 amide bonds. The number of ether oxygens (including phenoxy) is 1. The van der Waals surface area contributed by atoms with Gasteiger partial charge in [-0.05, 0) is 63.5 Å². The first kappa shape index (κ1) is 32.3. The molecule has 3 atom stereocenters. The summed E-state index contributed by atoms with van der Waals surface area (Å²) in [6.45, 7) is 4.70. The molecule has 9 nitrogen and oxygen atoms in total. The lowest BCUT2D eigenvalue weighted by molar-refractivity contribution is -0.189. The molecule has 13 heteroatoms. The molecule has 232 valence electrons. The number of benzene rings is 2. The average molecular weight is 622 g/mol. The monoisotopic (exact) mass is 621 g/mol. The van der Waals surface area contributed by atoms with Gasteiger partial charge in [-0.1, -0.05) is 35.9 Å². The van der Waals surface area contributed by atoms with Crippen molar-refractivity contribution in [2.24, 2.45) is 7.05 Å². The molecule has 3 aromatic rings. The maximum absolute atomic E-state index is 13.2. The highest BCUT2D eigenvalue weighted by molar-refractivity contribution is 6.32. The molecule has 1 saturated heterocycles. The van der Waals surface area contributed by atoms with Crippen LogP contribution in [0.4, 0.5) is 13.2 Å². The van der Waals surface area contributed by atoms with E-state index in [1.807, 2.05) is 42.4 Å². The average Bonchev–Trinajstić information content (AvgIpc) is 3.32. The van der Waals surface area contributed by atoms with E-state index in [-0.39, 0.29) is 35.3 Å². The summed E-state index contributed by atoms with van der Waals surface area (Å²) in [6, 6.07) is 10.9. The standard InChI is InChI=1S/C30H35ClF3N5O4/c1-18(40)28-37-25(16-38(28)3)21-7-5-20(6-8-21)13-23(15-35-27(41)17-39-11-4-12-39)36-29(42)22-9-10-26(24(31)14-22)43-19(2)30(32,33)34/h5-10,14,16,18-19,23,40H,4,11-13,15,17H2,1-3H3,(H,35,41)(H,36,42). The number of aliphatic hydroxyl groups excluding tert-OH is 1. The number of carbonyl (C=O) groups is 2. The number of nitrogens with zero attached hydrogens (tertiary/aromatic N) is 3. The highest BCUT2D eigenvalue weighted by Crippen LogP contribution is 2.31. The second-order valence-corrected chi connectivity index (χ2v) is 11.1. The van der Waals surface area contributed by atoms with Crippen LogP contribution in [0.3, 0.4) is 0 Å². The van der Waals surface area contributed by atoms with Crippen molar-refractivity contribution < 1.29 is 32.6 Å². The van der Waals surface area contributed by atoms with Crippen molar-refractivity contribution in [3.8, 4) is 17.0 Å². The Balaban J connectivity index is 1.46. The summed E-state index contributed by atoms with van der Waals surface area (Å²) >= 11 is 6.14. The van der Waals surface area contributed by atoms with Crippen LogP contribution in [0.2, 0.25) is 5.02 Å². The summed E-state index contributed by atoms with van der Waals surface area (Å²) < 4.78 is 45.4. The lowest BCUT2D eigenvalue weighted by Gasteiger charge is -2.30. The van der Waals surface area contributed by atoms with Crippen molar-refractivity contribution in [2.75, 3.05) is 26.2 Å². The molecule has 0 aliphatic carbocycles. The number of hydrogen-bond donors (Lipinski definition) is 3. The van der Waals surface area contributed by atoms with Crippen molar-refractivity contribution in [1.82, 2.24) is 25.1 Å². The maximum Gasteiger partial charge on any atom is 0.425 e. The first-order valence-corrected chi connectivity index (χ1v) is 14.3. The van der Waals surface area contributed by atoms with Crippen molar-refractivity contribution in [3.63, 3.8) is 0 Å². The van der Waals surface area contributed by atoms with Crippen LogP contribution in [0.25, 0.3) is 11.3 Å². The van der Waals surface area contributed by atoms with Gasteiger partial charge in [0.2, 0.25) is 5.91 Å². The second-order valence-electron chi connectivity index (χ2n) is 10.7. The molecule has 0 saturated carbocycles. The number of likely N-dealkylation sites (tertiary alicyclic amines) is 1. The summed E-state index contributed by atoms with van der Waals surface area (Å²) in [5.41, 5.74) is 2.59. The Kier molecular flexibility index (Phi) is 10.4. The Hall–Kier alpha value is -3.61. The number of carbonyl (C=O) groups excluding carboxylic acids is 2. The minimum Gasteiger partial charge on any atom is -0.480 e. The van der Waals surface area contributed by atoms with Crippen LogP contribution in [0.5, 0.6) is 5.75 Å². The Morgan fingerprint density at radius 3 is 2.40 bits per heavy atom. The number of aryl methyl sites for hydroxylation is 1. The molecule has 1 aromatic heterocycles. The zero-order chi connectivity index (χ0) is 31.3. The van der Waals surface area contributed by atoms with Gasteiger partial charge >= 0.3 is 6.18 Å². The van der Waals surface area contributed by atoms with Crippen molar-refractivity contribution in [3.05, 3.63) is 70.6 Å². The minimum atomic E-state index is -4.57. The van der Waals surface area contributed by atoms with Crippen LogP contribution in [-0.4, -0.2) is 75.9 Å². The number of aliphatic hydroxyl groups is 1. The highest BCUT2D eigenvalue weighted by Gasteiger charge is 2.38. The van der Waals surface area contributed by atoms with E-state index >= 15 is 0 Å². The van der Waals surface area contributed by atoms with Crippen LogP contribution in [0.1, 0.15) is 48.1 Å². The van der Waals surface area contributed by atoms with E-state index in [9.17, 15) is 27.9 Å². The molecular weight excluding hydrogens is 587 g/mol. The number of hydrogen-bond acceptors (Lipinski definition) is 6. The van der Waals surface area contributed by atoms with Gasteiger partial charge in [0.15, 0.2) is 6.10 Å². The minimum absolute atomic E-state index is 0.132. The van der Waals surface area contributed by atoms with Gasteiger partial charge in [-0.3, -0.25) is 14.5 Å². The zero-order valence-corrected chi connectivity index (χ0v) is 24.9. The predicted molar refractivity (Wildman–Crippen MR) is 156 cm³/mol. The SMILES string of the molecule is CC(O)c1nc(-c2ccc(CC(CNC(=O)CN3CCC3)NC(=O)c3ccc(OC(C)C(F)(F)F)c(Cl)c3)cc2)cn1C. The number of halogens is 4. The molecule has 2 aromatic carbocycles. The summed E-state index contributed by atoms with van der Waals surface area (Å²) in [5.74, 6) is -0.298. The molecule has 3 unspecified atom stereocenters. The van der Waals surface area contributed by atoms with Crippen LogP contribution >= 0.6 is 11.6 Å². The molecule has 0 spiro atoms. The van der Waals surface area contributed by atoms with Gasteiger partial charge in [-0.15, -0.1) is 0 Å². The van der Waals surface area contributed by atoms with E-state index in [0.717, 1.165) is 37.6 Å². The summed E-state index contributed by atoms with van der Waals surface area (Å²) in [5, 5.41) is 15.6. The third-order valence-electron chi connectivity index (χ3n) is 7.17. The van der Waals surface area contributed by atoms with E-state index < -0.39 is 30.3 Å². The largest absolute Gasteiger partial charge is 0.480 e. The first-order chi connectivity index (χ1) is 20.3. The van der Waals surface area contributed by atoms with Crippen LogP contribution < -0.4 is 15.4 Å². The predicted octanol–water partition coefficient (Wildman–Crippen LogP) is 4.29. The Bertz CT molecular complexity index is 1420. The molecular formula is C30H35ClF3N5O4. The number of nitrogens with one attached hydrogen (secondary N) is 2. The normalized spacial score (nSPS) is 15.7. The Morgan fingerprint density at radius 1 is 1.14 bits per heavy atom. The molecule has 4 rings (SSSR count). The number of rotatable bonds is 12. The molecule has 2 heterocycles. The van der Waals surface area contributed by atoms with Gasteiger partial charge in [0.1, 0.15) is 17.7 Å². The zero-order valence-electron chi connectivity index (χ0n) is 24.1. The summed E-state index contributed by atoms with van der Waals surface area (Å²) in [4.78, 5) is 32.1. The van der Waals surface area contributed by atoms with E-state index in [4.69, 9.17) is 16.3 Å². The smallest absolute Gasteiger partial charge is 0.425 e. The molecule has 1 aliphatic rings.